The summed E-state index contributed by atoms with van der Waals surface area (Å²) < 4.78 is 13.0. The topological polar surface area (TPSA) is 61.4 Å². The third kappa shape index (κ3) is 4.32. The van der Waals surface area contributed by atoms with Crippen LogP contribution in [0.4, 0.5) is 9.18 Å². The molecule has 20 heavy (non-hydrogen) atoms. The summed E-state index contributed by atoms with van der Waals surface area (Å²) in [6.45, 7) is 0.463. The second-order valence-corrected chi connectivity index (χ2v) is 5.05. The van der Waals surface area contributed by atoms with Gasteiger partial charge in [0.1, 0.15) is 5.82 Å². The van der Waals surface area contributed by atoms with Gasteiger partial charge in [-0.2, -0.15) is 11.3 Å². The first-order chi connectivity index (χ1) is 9.65. The van der Waals surface area contributed by atoms with Crippen molar-refractivity contribution in [2.24, 2.45) is 0 Å². The monoisotopic (exact) mass is 294 g/mol. The number of amides is 2. The fourth-order valence-electron chi connectivity index (χ4n) is 1.66. The van der Waals surface area contributed by atoms with Crippen molar-refractivity contribution in [2.45, 2.75) is 12.6 Å². The molecule has 106 valence electrons. The highest BCUT2D eigenvalue weighted by atomic mass is 32.1. The summed E-state index contributed by atoms with van der Waals surface area (Å²) in [5.74, 6) is -0.413. The van der Waals surface area contributed by atoms with E-state index in [1.807, 2.05) is 16.8 Å². The number of benzene rings is 1. The van der Waals surface area contributed by atoms with E-state index >= 15 is 0 Å². The zero-order valence-corrected chi connectivity index (χ0v) is 11.5. The number of thiophene rings is 1. The summed E-state index contributed by atoms with van der Waals surface area (Å²) in [4.78, 5) is 11.5. The number of nitrogens with one attached hydrogen (secondary N) is 2. The molecule has 0 saturated heterocycles. The minimum atomic E-state index is -0.933. The Kier molecular flexibility index (Phi) is 5.09. The molecule has 0 aliphatic rings. The van der Waals surface area contributed by atoms with Crippen LogP contribution in [0.1, 0.15) is 17.2 Å². The quantitative estimate of drug-likeness (QED) is 0.793. The minimum absolute atomic E-state index is 0.0267. The summed E-state index contributed by atoms with van der Waals surface area (Å²) in [7, 11) is 0. The van der Waals surface area contributed by atoms with Crippen molar-refractivity contribution >= 4 is 17.4 Å². The molecule has 0 radical (unpaired) electrons. The van der Waals surface area contributed by atoms with Crippen molar-refractivity contribution in [3.05, 3.63) is 58.0 Å². The average molecular weight is 294 g/mol. The van der Waals surface area contributed by atoms with Crippen LogP contribution in [0.3, 0.4) is 0 Å². The van der Waals surface area contributed by atoms with Gasteiger partial charge in [0.25, 0.3) is 0 Å². The van der Waals surface area contributed by atoms with E-state index in [-0.39, 0.29) is 12.6 Å². The maximum atomic E-state index is 13.0. The molecule has 0 fully saturated rings. The Morgan fingerprint density at radius 1 is 1.35 bits per heavy atom. The molecule has 0 aliphatic carbocycles. The van der Waals surface area contributed by atoms with Gasteiger partial charge in [0.05, 0.1) is 6.10 Å². The molecule has 1 unspecified atom stereocenters. The molecule has 1 aromatic heterocycles. The first-order valence-electron chi connectivity index (χ1n) is 6.11. The lowest BCUT2D eigenvalue weighted by atomic mass is 10.1. The molecule has 2 rings (SSSR count). The van der Waals surface area contributed by atoms with Gasteiger partial charge in [0.15, 0.2) is 0 Å². The van der Waals surface area contributed by atoms with Crippen LogP contribution in [0.5, 0.6) is 0 Å². The zero-order chi connectivity index (χ0) is 14.4. The zero-order valence-electron chi connectivity index (χ0n) is 10.7. The molecule has 1 atom stereocenters. The fraction of sp³-hybridized carbons (Fsp3) is 0.214. The van der Waals surface area contributed by atoms with E-state index in [4.69, 9.17) is 0 Å². The molecule has 1 aromatic carbocycles. The van der Waals surface area contributed by atoms with E-state index in [0.717, 1.165) is 5.56 Å². The van der Waals surface area contributed by atoms with Gasteiger partial charge in [-0.05, 0) is 40.1 Å². The molecule has 3 N–H and O–H groups in total. The fourth-order valence-corrected chi connectivity index (χ4v) is 2.33. The normalized spacial score (nSPS) is 11.9. The van der Waals surface area contributed by atoms with Crippen LogP contribution in [0, 0.1) is 5.82 Å². The highest BCUT2D eigenvalue weighted by Gasteiger charge is 2.10. The van der Waals surface area contributed by atoms with Crippen molar-refractivity contribution < 1.29 is 14.3 Å². The van der Waals surface area contributed by atoms with Crippen LogP contribution in [-0.4, -0.2) is 17.7 Å². The molecule has 0 spiro atoms. The molecule has 0 saturated carbocycles. The van der Waals surface area contributed by atoms with Gasteiger partial charge in [-0.1, -0.05) is 12.1 Å². The van der Waals surface area contributed by atoms with E-state index in [1.165, 1.54) is 18.2 Å². The summed E-state index contributed by atoms with van der Waals surface area (Å²) in [5, 5.41) is 18.9. The Bertz CT molecular complexity index is 560. The van der Waals surface area contributed by atoms with Crippen molar-refractivity contribution in [2.75, 3.05) is 6.54 Å². The van der Waals surface area contributed by atoms with Crippen LogP contribution in [0.25, 0.3) is 0 Å². The predicted molar refractivity (Wildman–Crippen MR) is 75.9 cm³/mol. The van der Waals surface area contributed by atoms with Crippen molar-refractivity contribution in [1.82, 2.24) is 10.6 Å². The Morgan fingerprint density at radius 3 is 2.90 bits per heavy atom. The Morgan fingerprint density at radius 2 is 2.20 bits per heavy atom. The van der Waals surface area contributed by atoms with E-state index in [0.29, 0.717) is 12.1 Å². The highest BCUT2D eigenvalue weighted by Crippen LogP contribution is 2.12. The molecular weight excluding hydrogens is 279 g/mol. The van der Waals surface area contributed by atoms with E-state index in [9.17, 15) is 14.3 Å². The molecular formula is C14H15FN2O2S. The number of carbonyl (C=O) groups excluding carboxylic acids is 1. The maximum absolute atomic E-state index is 13.0. The van der Waals surface area contributed by atoms with E-state index in [2.05, 4.69) is 10.6 Å². The minimum Gasteiger partial charge on any atom is -0.387 e. The summed E-state index contributed by atoms with van der Waals surface area (Å²) in [5.41, 5.74) is 1.46. The summed E-state index contributed by atoms with van der Waals surface area (Å²) in [6, 6.07) is 7.23. The molecule has 1 heterocycles. The Labute approximate surface area is 120 Å². The number of urea groups is 1. The first-order valence-corrected chi connectivity index (χ1v) is 7.06. The molecule has 2 aromatic rings. The number of hydrogen-bond acceptors (Lipinski definition) is 3. The van der Waals surface area contributed by atoms with E-state index in [1.54, 1.807) is 17.4 Å². The molecule has 0 aliphatic heterocycles. The predicted octanol–water partition coefficient (Wildman–Crippen LogP) is 2.42. The largest absolute Gasteiger partial charge is 0.387 e. The maximum Gasteiger partial charge on any atom is 0.315 e. The third-order valence-corrected chi connectivity index (χ3v) is 3.45. The third-order valence-electron chi connectivity index (χ3n) is 2.72. The van der Waals surface area contributed by atoms with Crippen molar-refractivity contribution in [3.63, 3.8) is 0 Å². The molecule has 4 nitrogen and oxygen atoms in total. The number of aliphatic hydroxyl groups is 1. The van der Waals surface area contributed by atoms with Gasteiger partial charge in [0, 0.05) is 13.1 Å². The molecule has 0 bridgehead atoms. The Hall–Kier alpha value is -1.92. The van der Waals surface area contributed by atoms with Crippen molar-refractivity contribution in [3.8, 4) is 0 Å². The van der Waals surface area contributed by atoms with Gasteiger partial charge in [-0.15, -0.1) is 0 Å². The van der Waals surface area contributed by atoms with Gasteiger partial charge >= 0.3 is 6.03 Å². The number of rotatable bonds is 5. The Balaban J connectivity index is 1.75. The van der Waals surface area contributed by atoms with Crippen LogP contribution >= 0.6 is 11.3 Å². The van der Waals surface area contributed by atoms with Crippen LogP contribution in [0.15, 0.2) is 41.1 Å². The van der Waals surface area contributed by atoms with Crippen molar-refractivity contribution in [1.29, 1.82) is 0 Å². The SMILES string of the molecule is O=C(NCc1ccsc1)NCC(O)c1cccc(F)c1. The van der Waals surface area contributed by atoms with Crippen LogP contribution < -0.4 is 10.6 Å². The summed E-state index contributed by atoms with van der Waals surface area (Å²) >= 11 is 1.56. The van der Waals surface area contributed by atoms with Gasteiger partial charge in [0.2, 0.25) is 0 Å². The highest BCUT2D eigenvalue weighted by molar-refractivity contribution is 7.07. The molecule has 6 heteroatoms. The first kappa shape index (κ1) is 14.5. The lowest BCUT2D eigenvalue weighted by molar-refractivity contribution is 0.172. The molecule has 2 amide bonds. The van der Waals surface area contributed by atoms with Crippen LogP contribution in [-0.2, 0) is 6.54 Å². The lowest BCUT2D eigenvalue weighted by Gasteiger charge is -2.12. The number of carbonyl (C=O) groups is 1. The number of halogens is 1. The second-order valence-electron chi connectivity index (χ2n) is 4.27. The second kappa shape index (κ2) is 7.02. The van der Waals surface area contributed by atoms with Gasteiger partial charge in [-0.25, -0.2) is 9.18 Å². The summed E-state index contributed by atoms with van der Waals surface area (Å²) in [6.07, 6.45) is -0.933. The van der Waals surface area contributed by atoms with Crippen LogP contribution in [0.2, 0.25) is 0 Å². The number of hydrogen-bond donors (Lipinski definition) is 3. The standard InChI is InChI=1S/C14H15FN2O2S/c15-12-3-1-2-11(6-12)13(18)8-17-14(19)16-7-10-4-5-20-9-10/h1-6,9,13,18H,7-8H2,(H2,16,17,19). The van der Waals surface area contributed by atoms with Gasteiger partial charge in [-0.3, -0.25) is 0 Å². The van der Waals surface area contributed by atoms with E-state index < -0.39 is 11.9 Å². The lowest BCUT2D eigenvalue weighted by Crippen LogP contribution is -2.37. The van der Waals surface area contributed by atoms with Gasteiger partial charge < -0.3 is 15.7 Å². The average Bonchev–Trinajstić information content (AvgIpc) is 2.95. The smallest absolute Gasteiger partial charge is 0.315 e. The number of aliphatic hydroxyl groups excluding tert-OH is 1.